The zero-order valence-corrected chi connectivity index (χ0v) is 20.3. The van der Waals surface area contributed by atoms with Gasteiger partial charge in [0.15, 0.2) is 21.7 Å². The SMILES string of the molecule is Brc1cn2ccnc2c(Br)n1.Brc1cn2ccnc2c(Nc2ccc3[nH]ncc3c2)n1. The Bertz CT molecular complexity index is 1520. The van der Waals surface area contributed by atoms with E-state index in [1.54, 1.807) is 18.6 Å². The molecule has 0 aliphatic rings. The fourth-order valence-corrected chi connectivity index (χ4v) is 4.54. The average molecular weight is 606 g/mol. The van der Waals surface area contributed by atoms with Gasteiger partial charge in [-0.1, -0.05) is 0 Å². The van der Waals surface area contributed by atoms with Crippen LogP contribution in [0.5, 0.6) is 0 Å². The van der Waals surface area contributed by atoms with Crippen molar-refractivity contribution in [1.29, 1.82) is 0 Å². The number of halogens is 3. The minimum Gasteiger partial charge on any atom is -0.337 e. The Morgan fingerprint density at radius 1 is 0.871 bits per heavy atom. The van der Waals surface area contributed by atoms with Gasteiger partial charge >= 0.3 is 0 Å². The summed E-state index contributed by atoms with van der Waals surface area (Å²) in [5.74, 6) is 0.701. The lowest BCUT2D eigenvalue weighted by Gasteiger charge is -2.07. The van der Waals surface area contributed by atoms with Gasteiger partial charge in [0.05, 0.1) is 11.7 Å². The van der Waals surface area contributed by atoms with Crippen LogP contribution in [0.15, 0.2) is 75.4 Å². The number of aromatic nitrogens is 8. The Hall–Kier alpha value is -2.83. The molecular weight excluding hydrogens is 594 g/mol. The van der Waals surface area contributed by atoms with E-state index < -0.39 is 0 Å². The molecule has 1 aromatic carbocycles. The molecule has 0 aliphatic carbocycles. The highest BCUT2D eigenvalue weighted by molar-refractivity contribution is 9.11. The molecule has 0 fully saturated rings. The van der Waals surface area contributed by atoms with E-state index in [9.17, 15) is 0 Å². The van der Waals surface area contributed by atoms with Gasteiger partial charge in [0, 0.05) is 48.3 Å². The Morgan fingerprint density at radius 2 is 1.58 bits per heavy atom. The quantitative estimate of drug-likeness (QED) is 0.275. The summed E-state index contributed by atoms with van der Waals surface area (Å²) in [6.45, 7) is 0. The third-order valence-electron chi connectivity index (χ3n) is 4.35. The highest BCUT2D eigenvalue weighted by Gasteiger charge is 2.07. The Balaban J connectivity index is 0.000000157. The number of hydrogen-bond acceptors (Lipinski definition) is 6. The van der Waals surface area contributed by atoms with Crippen LogP contribution < -0.4 is 5.32 Å². The molecule has 9 nitrogen and oxygen atoms in total. The van der Waals surface area contributed by atoms with Gasteiger partial charge in [0.1, 0.15) is 9.21 Å². The maximum atomic E-state index is 4.44. The molecular formula is C19H12Br3N9. The molecule has 0 spiro atoms. The molecule has 12 heteroatoms. The third kappa shape index (κ3) is 4.18. The maximum absolute atomic E-state index is 4.44. The largest absolute Gasteiger partial charge is 0.337 e. The predicted molar refractivity (Wildman–Crippen MR) is 128 cm³/mol. The van der Waals surface area contributed by atoms with Gasteiger partial charge in [0.25, 0.3) is 0 Å². The molecule has 2 N–H and O–H groups in total. The fourth-order valence-electron chi connectivity index (χ4n) is 3.01. The summed E-state index contributed by atoms with van der Waals surface area (Å²) in [5.41, 5.74) is 3.55. The first kappa shape index (κ1) is 20.1. The number of benzene rings is 1. The number of anilines is 2. The van der Waals surface area contributed by atoms with E-state index >= 15 is 0 Å². The summed E-state index contributed by atoms with van der Waals surface area (Å²) in [5, 5.41) is 11.3. The van der Waals surface area contributed by atoms with Crippen LogP contribution in [0.4, 0.5) is 11.5 Å². The molecule has 31 heavy (non-hydrogen) atoms. The van der Waals surface area contributed by atoms with Crippen molar-refractivity contribution in [2.45, 2.75) is 0 Å². The van der Waals surface area contributed by atoms with E-state index in [0.29, 0.717) is 5.82 Å². The second-order valence-electron chi connectivity index (χ2n) is 6.38. The summed E-state index contributed by atoms with van der Waals surface area (Å²) in [6, 6.07) is 5.97. The molecule has 0 aliphatic heterocycles. The third-order valence-corrected chi connectivity index (χ3v) is 5.65. The highest BCUT2D eigenvalue weighted by atomic mass is 79.9. The van der Waals surface area contributed by atoms with Crippen molar-refractivity contribution in [2.24, 2.45) is 0 Å². The van der Waals surface area contributed by atoms with Crippen LogP contribution in [0.1, 0.15) is 0 Å². The number of rotatable bonds is 2. The van der Waals surface area contributed by atoms with Crippen LogP contribution in [0, 0.1) is 0 Å². The van der Waals surface area contributed by atoms with Crippen molar-refractivity contribution in [3.05, 3.63) is 75.4 Å². The van der Waals surface area contributed by atoms with Crippen LogP contribution in [0.2, 0.25) is 0 Å². The first-order chi connectivity index (χ1) is 15.1. The molecule has 6 rings (SSSR count). The van der Waals surface area contributed by atoms with E-state index in [2.05, 4.69) is 83.2 Å². The molecule has 5 aromatic heterocycles. The number of nitrogens with zero attached hydrogens (tertiary/aromatic N) is 7. The van der Waals surface area contributed by atoms with Crippen LogP contribution in [-0.2, 0) is 0 Å². The number of H-pyrrole nitrogens is 1. The predicted octanol–water partition coefficient (Wildman–Crippen LogP) is 5.37. The molecule has 0 bridgehead atoms. The molecule has 5 heterocycles. The van der Waals surface area contributed by atoms with Gasteiger partial charge in [-0.3, -0.25) is 5.10 Å². The number of hydrogen-bond donors (Lipinski definition) is 2. The number of aromatic amines is 1. The summed E-state index contributed by atoms with van der Waals surface area (Å²) in [7, 11) is 0. The topological polar surface area (TPSA) is 101 Å². The summed E-state index contributed by atoms with van der Waals surface area (Å²) in [6.07, 6.45) is 12.7. The highest BCUT2D eigenvalue weighted by Crippen LogP contribution is 2.23. The van der Waals surface area contributed by atoms with Crippen molar-refractivity contribution < 1.29 is 0 Å². The Labute approximate surface area is 200 Å². The van der Waals surface area contributed by atoms with E-state index in [1.807, 2.05) is 51.8 Å². The Kier molecular flexibility index (Phi) is 5.42. The number of nitrogens with one attached hydrogen (secondary N) is 2. The van der Waals surface area contributed by atoms with Crippen molar-refractivity contribution in [2.75, 3.05) is 5.32 Å². The number of fused-ring (bicyclic) bond motifs is 3. The molecule has 0 saturated heterocycles. The average Bonchev–Trinajstić information content (AvgIpc) is 3.48. The second-order valence-corrected chi connectivity index (χ2v) is 8.76. The minimum atomic E-state index is 0.701. The maximum Gasteiger partial charge on any atom is 0.180 e. The minimum absolute atomic E-state index is 0.701. The molecule has 0 radical (unpaired) electrons. The summed E-state index contributed by atoms with van der Waals surface area (Å²) in [4.78, 5) is 17.0. The molecule has 0 atom stereocenters. The molecule has 0 unspecified atom stereocenters. The number of imidazole rings is 2. The standard InChI is InChI=1S/C13H9BrN6.C6H3Br2N3/c14-11-7-20-4-3-15-13(20)12(18-11)17-9-1-2-10-8(5-9)6-16-19-10;7-4-3-11-2-1-9-6(11)5(8)10-4/h1-7H,(H,16,19)(H,17,18);1-3H. The first-order valence-corrected chi connectivity index (χ1v) is 11.3. The van der Waals surface area contributed by atoms with Crippen molar-refractivity contribution in [1.82, 2.24) is 38.9 Å². The Morgan fingerprint density at radius 3 is 2.39 bits per heavy atom. The van der Waals surface area contributed by atoms with E-state index in [4.69, 9.17) is 0 Å². The summed E-state index contributed by atoms with van der Waals surface area (Å²) >= 11 is 9.98. The first-order valence-electron chi connectivity index (χ1n) is 8.91. The molecule has 154 valence electrons. The van der Waals surface area contributed by atoms with Crippen molar-refractivity contribution >= 4 is 81.5 Å². The zero-order chi connectivity index (χ0) is 21.4. The molecule has 6 aromatic rings. The lowest BCUT2D eigenvalue weighted by atomic mass is 10.2. The normalized spacial score (nSPS) is 11.1. The van der Waals surface area contributed by atoms with Crippen molar-refractivity contribution in [3.63, 3.8) is 0 Å². The van der Waals surface area contributed by atoms with Crippen LogP contribution in [0.25, 0.3) is 22.2 Å². The van der Waals surface area contributed by atoms with Gasteiger partial charge in [-0.2, -0.15) is 5.10 Å². The van der Waals surface area contributed by atoms with E-state index in [-0.39, 0.29) is 0 Å². The van der Waals surface area contributed by atoms with Gasteiger partial charge in [-0.15, -0.1) is 0 Å². The fraction of sp³-hybridized carbons (Fsp3) is 0. The van der Waals surface area contributed by atoms with E-state index in [0.717, 1.165) is 41.7 Å². The van der Waals surface area contributed by atoms with Gasteiger partial charge in [-0.25, -0.2) is 19.9 Å². The lowest BCUT2D eigenvalue weighted by molar-refractivity contribution is 1.08. The smallest absolute Gasteiger partial charge is 0.180 e. The zero-order valence-electron chi connectivity index (χ0n) is 15.5. The van der Waals surface area contributed by atoms with Crippen molar-refractivity contribution in [3.8, 4) is 0 Å². The second kappa shape index (κ2) is 8.36. The van der Waals surface area contributed by atoms with Crippen LogP contribution >= 0.6 is 47.8 Å². The monoisotopic (exact) mass is 603 g/mol. The van der Waals surface area contributed by atoms with Gasteiger partial charge in [0.2, 0.25) is 0 Å². The van der Waals surface area contributed by atoms with Gasteiger partial charge < -0.3 is 14.1 Å². The van der Waals surface area contributed by atoms with Gasteiger partial charge in [-0.05, 0) is 66.0 Å². The summed E-state index contributed by atoms with van der Waals surface area (Å²) < 4.78 is 6.08. The van der Waals surface area contributed by atoms with Crippen LogP contribution in [0.3, 0.4) is 0 Å². The molecule has 0 amide bonds. The lowest BCUT2D eigenvalue weighted by Crippen LogP contribution is -1.98. The van der Waals surface area contributed by atoms with E-state index in [1.165, 1.54) is 0 Å². The molecule has 0 saturated carbocycles. The van der Waals surface area contributed by atoms with Crippen LogP contribution in [-0.4, -0.2) is 38.9 Å².